The molecule has 0 saturated heterocycles. The average Bonchev–Trinajstić information content (AvgIpc) is 2.75. The van der Waals surface area contributed by atoms with E-state index < -0.39 is 0 Å². The van der Waals surface area contributed by atoms with Crippen LogP contribution < -0.4 is 4.90 Å². The summed E-state index contributed by atoms with van der Waals surface area (Å²) < 4.78 is 6.35. The summed E-state index contributed by atoms with van der Waals surface area (Å²) in [6, 6.07) is 31.0. The Balaban J connectivity index is 1.74. The minimum absolute atomic E-state index is 0.173. The van der Waals surface area contributed by atoms with Gasteiger partial charge in [-0.1, -0.05) is 78.9 Å². The number of para-hydroxylation sites is 1. The number of likely N-dealkylation sites (N-methyl/N-ethyl adjacent to an activating group) is 1. The second-order valence-corrected chi connectivity index (χ2v) is 6.32. The van der Waals surface area contributed by atoms with Crippen molar-refractivity contribution in [3.63, 3.8) is 0 Å². The molecule has 0 spiro atoms. The van der Waals surface area contributed by atoms with Crippen molar-refractivity contribution in [3.05, 3.63) is 114 Å². The Bertz CT molecular complexity index is 914. The van der Waals surface area contributed by atoms with Gasteiger partial charge in [-0.3, -0.25) is 0 Å². The molecule has 1 unspecified atom stereocenters. The second kappa shape index (κ2) is 7.32. The summed E-state index contributed by atoms with van der Waals surface area (Å²) in [4.78, 5) is 2.15. The number of rotatable bonds is 4. The molecule has 3 aromatic rings. The first-order chi connectivity index (χ1) is 12.8. The zero-order chi connectivity index (χ0) is 17.8. The Hall–Kier alpha value is -3.26. The molecule has 0 radical (unpaired) electrons. The van der Waals surface area contributed by atoms with Crippen molar-refractivity contribution in [2.24, 2.45) is 0 Å². The topological polar surface area (TPSA) is 12.5 Å². The van der Waals surface area contributed by atoms with Crippen molar-refractivity contribution >= 4 is 17.0 Å². The van der Waals surface area contributed by atoms with E-state index in [4.69, 9.17) is 4.74 Å². The van der Waals surface area contributed by atoms with Crippen molar-refractivity contribution in [2.45, 2.75) is 6.23 Å². The van der Waals surface area contributed by atoms with E-state index in [1.807, 2.05) is 42.5 Å². The highest BCUT2D eigenvalue weighted by Gasteiger charge is 2.22. The highest BCUT2D eigenvalue weighted by atomic mass is 16.5. The van der Waals surface area contributed by atoms with Gasteiger partial charge in [-0.15, -0.1) is 0 Å². The summed E-state index contributed by atoms with van der Waals surface area (Å²) in [6.45, 7) is 0. The molecule has 0 saturated carbocycles. The number of nitrogens with zero attached hydrogens (tertiary/aromatic N) is 1. The normalized spacial score (nSPS) is 16.3. The highest BCUT2D eigenvalue weighted by Crippen LogP contribution is 2.32. The highest BCUT2D eigenvalue weighted by molar-refractivity contribution is 5.84. The van der Waals surface area contributed by atoms with Gasteiger partial charge >= 0.3 is 0 Å². The summed E-state index contributed by atoms with van der Waals surface area (Å²) in [7, 11) is 2.06. The summed E-state index contributed by atoms with van der Waals surface area (Å²) in [5.74, 6) is 0.889. The maximum absolute atomic E-state index is 6.35. The largest absolute Gasteiger partial charge is 0.466 e. The summed E-state index contributed by atoms with van der Waals surface area (Å²) in [5, 5.41) is 0. The van der Waals surface area contributed by atoms with Gasteiger partial charge in [0.15, 0.2) is 6.23 Å². The number of hydrogen-bond acceptors (Lipinski definition) is 2. The van der Waals surface area contributed by atoms with Crippen LogP contribution in [0.5, 0.6) is 0 Å². The predicted molar refractivity (Wildman–Crippen MR) is 109 cm³/mol. The molecule has 0 aliphatic carbocycles. The Morgan fingerprint density at radius 2 is 1.23 bits per heavy atom. The summed E-state index contributed by atoms with van der Waals surface area (Å²) in [5.41, 5.74) is 4.56. The smallest absolute Gasteiger partial charge is 0.192 e. The van der Waals surface area contributed by atoms with Gasteiger partial charge in [-0.25, -0.2) is 0 Å². The van der Waals surface area contributed by atoms with Crippen molar-refractivity contribution in [1.29, 1.82) is 0 Å². The quantitative estimate of drug-likeness (QED) is 0.613. The maximum Gasteiger partial charge on any atom is 0.192 e. The van der Waals surface area contributed by atoms with E-state index in [-0.39, 0.29) is 6.23 Å². The molecular formula is C24H21NO. The first-order valence-electron chi connectivity index (χ1n) is 8.80. The van der Waals surface area contributed by atoms with Crippen LogP contribution in [0.15, 0.2) is 103 Å². The molecule has 1 aliphatic rings. The van der Waals surface area contributed by atoms with E-state index in [1.165, 1.54) is 11.1 Å². The fourth-order valence-corrected chi connectivity index (χ4v) is 3.11. The Morgan fingerprint density at radius 3 is 1.85 bits per heavy atom. The van der Waals surface area contributed by atoms with Crippen LogP contribution in [-0.2, 0) is 4.74 Å². The van der Waals surface area contributed by atoms with E-state index in [0.717, 1.165) is 17.0 Å². The molecule has 2 heteroatoms. The molecule has 2 nitrogen and oxygen atoms in total. The monoisotopic (exact) mass is 339 g/mol. The minimum atomic E-state index is -0.173. The van der Waals surface area contributed by atoms with Crippen LogP contribution in [0, 0.1) is 0 Å². The van der Waals surface area contributed by atoms with Crippen molar-refractivity contribution in [2.75, 3.05) is 11.9 Å². The molecule has 3 aromatic carbocycles. The van der Waals surface area contributed by atoms with Gasteiger partial charge in [0.2, 0.25) is 0 Å². The molecule has 26 heavy (non-hydrogen) atoms. The number of benzene rings is 3. The van der Waals surface area contributed by atoms with Gasteiger partial charge in [0, 0.05) is 18.3 Å². The Kier molecular flexibility index (Phi) is 4.57. The molecule has 0 aromatic heterocycles. The predicted octanol–water partition coefficient (Wildman–Crippen LogP) is 5.60. The lowest BCUT2D eigenvalue weighted by Gasteiger charge is -2.32. The Morgan fingerprint density at radius 1 is 0.692 bits per heavy atom. The third kappa shape index (κ3) is 3.40. The second-order valence-electron chi connectivity index (χ2n) is 6.32. The van der Waals surface area contributed by atoms with Crippen LogP contribution in [0.25, 0.3) is 11.3 Å². The van der Waals surface area contributed by atoms with Gasteiger partial charge < -0.3 is 9.64 Å². The number of allylic oxidation sites excluding steroid dienone is 2. The van der Waals surface area contributed by atoms with Crippen LogP contribution in [0.3, 0.4) is 0 Å². The number of ether oxygens (including phenoxy) is 1. The van der Waals surface area contributed by atoms with Crippen molar-refractivity contribution < 1.29 is 4.74 Å². The van der Waals surface area contributed by atoms with Gasteiger partial charge in [0.05, 0.1) is 0 Å². The zero-order valence-corrected chi connectivity index (χ0v) is 14.7. The lowest BCUT2D eigenvalue weighted by molar-refractivity contribution is 0.209. The maximum atomic E-state index is 6.35. The third-order valence-corrected chi connectivity index (χ3v) is 4.57. The molecule has 0 bridgehead atoms. The van der Waals surface area contributed by atoms with Gasteiger partial charge in [0.25, 0.3) is 0 Å². The van der Waals surface area contributed by atoms with E-state index in [1.54, 1.807) is 0 Å². The molecule has 4 rings (SSSR count). The SMILES string of the molecule is CN(c1ccccc1)C1C=C(c2ccccc2)C=C(c2ccccc2)O1. The standard InChI is InChI=1S/C24H21NO/c1-25(22-15-9-4-10-16-22)24-18-21(19-11-5-2-6-12-19)17-23(26-24)20-13-7-3-8-14-20/h2-18,24H,1H3. The fourth-order valence-electron chi connectivity index (χ4n) is 3.11. The minimum Gasteiger partial charge on any atom is -0.466 e. The van der Waals surface area contributed by atoms with Crippen LogP contribution in [-0.4, -0.2) is 13.3 Å². The number of anilines is 1. The van der Waals surface area contributed by atoms with Gasteiger partial charge in [-0.05, 0) is 35.4 Å². The van der Waals surface area contributed by atoms with Crippen LogP contribution >= 0.6 is 0 Å². The van der Waals surface area contributed by atoms with E-state index in [2.05, 4.69) is 72.6 Å². The van der Waals surface area contributed by atoms with Gasteiger partial charge in [0.1, 0.15) is 5.76 Å². The first-order valence-corrected chi connectivity index (χ1v) is 8.80. The molecule has 0 amide bonds. The van der Waals surface area contributed by atoms with Crippen LogP contribution in [0.4, 0.5) is 5.69 Å². The first kappa shape index (κ1) is 16.2. The van der Waals surface area contributed by atoms with Crippen molar-refractivity contribution in [1.82, 2.24) is 0 Å². The molecule has 1 heterocycles. The molecular weight excluding hydrogens is 318 g/mol. The lowest BCUT2D eigenvalue weighted by Crippen LogP contribution is -2.33. The third-order valence-electron chi connectivity index (χ3n) is 4.57. The lowest BCUT2D eigenvalue weighted by atomic mass is 10.0. The zero-order valence-electron chi connectivity index (χ0n) is 14.7. The molecule has 1 aliphatic heterocycles. The van der Waals surface area contributed by atoms with E-state index in [0.29, 0.717) is 0 Å². The molecule has 0 N–H and O–H groups in total. The van der Waals surface area contributed by atoms with E-state index in [9.17, 15) is 0 Å². The molecule has 1 atom stereocenters. The van der Waals surface area contributed by atoms with Crippen molar-refractivity contribution in [3.8, 4) is 0 Å². The molecule has 0 fully saturated rings. The van der Waals surface area contributed by atoms with Crippen LogP contribution in [0.2, 0.25) is 0 Å². The summed E-state index contributed by atoms with van der Waals surface area (Å²) in [6.07, 6.45) is 4.13. The van der Waals surface area contributed by atoms with Gasteiger partial charge in [-0.2, -0.15) is 0 Å². The summed E-state index contributed by atoms with van der Waals surface area (Å²) >= 11 is 0. The fraction of sp³-hybridized carbons (Fsp3) is 0.0833. The average molecular weight is 339 g/mol. The van der Waals surface area contributed by atoms with Crippen LogP contribution in [0.1, 0.15) is 11.1 Å². The number of hydrogen-bond donors (Lipinski definition) is 0. The molecule has 128 valence electrons. The van der Waals surface area contributed by atoms with E-state index >= 15 is 0 Å². The Labute approximate surface area is 154 Å².